The molecule has 5 aromatic rings. The van der Waals surface area contributed by atoms with Gasteiger partial charge in [-0.3, -0.25) is 9.78 Å². The summed E-state index contributed by atoms with van der Waals surface area (Å²) in [5, 5.41) is 14.9. The number of thiophene rings is 1. The van der Waals surface area contributed by atoms with E-state index in [9.17, 15) is 31.9 Å². The van der Waals surface area contributed by atoms with Gasteiger partial charge in [-0.1, -0.05) is 102 Å². The van der Waals surface area contributed by atoms with Crippen LogP contribution in [0.2, 0.25) is 0 Å². The first-order valence-electron chi connectivity index (χ1n) is 20.1. The second-order valence-corrected chi connectivity index (χ2v) is 18.6. The van der Waals surface area contributed by atoms with E-state index in [2.05, 4.69) is 80.4 Å². The van der Waals surface area contributed by atoms with Gasteiger partial charge in [-0.2, -0.15) is 13.2 Å². The fraction of sp³-hybridized carbons (Fsp3) is 0.347. The molecule has 0 bridgehead atoms. The second kappa shape index (κ2) is 17.1. The van der Waals surface area contributed by atoms with Crippen LogP contribution in [0.25, 0.3) is 54.2 Å². The molecule has 1 atom stereocenters. The van der Waals surface area contributed by atoms with Crippen LogP contribution < -0.4 is 10.4 Å². The molecule has 2 aliphatic carbocycles. The van der Waals surface area contributed by atoms with Gasteiger partial charge < -0.3 is 5.11 Å². The third-order valence-electron chi connectivity index (χ3n) is 11.8. The zero-order valence-electron chi connectivity index (χ0n) is 34.5. The van der Waals surface area contributed by atoms with Gasteiger partial charge in [0.25, 0.3) is 0 Å². The number of carbonyl (C=O) groups excluding carboxylic acids is 1. The fourth-order valence-corrected chi connectivity index (χ4v) is 10.6. The summed E-state index contributed by atoms with van der Waals surface area (Å²) in [5.74, 6) is -1.53. The molecule has 11 heteroatoms. The van der Waals surface area contributed by atoms with Gasteiger partial charge in [-0.15, -0.1) is 52.2 Å². The van der Waals surface area contributed by atoms with Crippen LogP contribution in [0.4, 0.5) is 22.0 Å². The smallest absolute Gasteiger partial charge is 0.419 e. The summed E-state index contributed by atoms with van der Waals surface area (Å²) < 4.78 is 71.1. The van der Waals surface area contributed by atoms with Crippen molar-refractivity contribution in [2.24, 2.45) is 0 Å². The maximum Gasteiger partial charge on any atom is 0.419 e. The van der Waals surface area contributed by atoms with Crippen molar-refractivity contribution in [3.63, 3.8) is 0 Å². The average molecular weight is 1030 g/mol. The number of hydrogen-bond acceptors (Lipinski definition) is 5. The number of halogens is 5. The Morgan fingerprint density at radius 1 is 0.917 bits per heavy atom. The van der Waals surface area contributed by atoms with Gasteiger partial charge in [0.1, 0.15) is 5.76 Å². The van der Waals surface area contributed by atoms with Crippen molar-refractivity contribution < 1.29 is 52.0 Å². The molecule has 0 spiro atoms. The first-order valence-corrected chi connectivity index (χ1v) is 21.8. The molecule has 2 aromatic heterocycles. The number of aliphatic hydroxyl groups excluding tert-OH is 1. The van der Waals surface area contributed by atoms with Crippen LogP contribution in [0.1, 0.15) is 91.7 Å². The molecule has 3 aromatic carbocycles. The normalized spacial score (nSPS) is 16.2. The number of alkyl halides is 5. The molecule has 3 nitrogen and oxygen atoms in total. The Balaban J connectivity index is 0.000000287. The number of benzene rings is 3. The van der Waals surface area contributed by atoms with Gasteiger partial charge in [0, 0.05) is 52.5 Å². The number of hydrogen-bond donors (Lipinski definition) is 1. The van der Waals surface area contributed by atoms with E-state index in [0.29, 0.717) is 28.0 Å². The topological polar surface area (TPSA) is 50.2 Å². The number of nitrogens with zero attached hydrogens (tertiary/aromatic N) is 1. The quantitative estimate of drug-likeness (QED) is 0.0692. The Bertz CT molecular complexity index is 2710. The largest absolute Gasteiger partial charge is 0.509 e. The van der Waals surface area contributed by atoms with E-state index in [4.69, 9.17) is 0 Å². The standard InChI is InChI=1S/C36H25F3NS2.C13H22F2O2.Ir/c1-35(2,3)26-15-23(13-20-7-4-5-9-24(20)26)33-25-17-29(42-34(25)27(18-40-33)36(37,38)39)22-14-21-12-11-19-8-6-10-28-31(19)32(21)30(16-22)41-28;1-5-12(14,6-2)10(16)9-11(17)13(15,7-3)8-4;/h4-10,12,14-18,28H,11H2,1-3H3;9,16H,5-8H2,1-4H3;/q-1;;/b;10-9-;. The zero-order chi connectivity index (χ0) is 42.7. The monoisotopic (exact) mass is 1030 g/mol. The van der Waals surface area contributed by atoms with Crippen molar-refractivity contribution in [2.75, 3.05) is 0 Å². The van der Waals surface area contributed by atoms with Crippen LogP contribution in [0.15, 0.2) is 95.3 Å². The molecule has 1 N–H and O–H groups in total. The predicted octanol–water partition coefficient (Wildman–Crippen LogP) is 13.3. The molecule has 8 rings (SSSR count). The van der Waals surface area contributed by atoms with Gasteiger partial charge in [0.15, 0.2) is 17.1 Å². The first kappa shape index (κ1) is 45.6. The third-order valence-corrected chi connectivity index (χ3v) is 14.2. The van der Waals surface area contributed by atoms with E-state index >= 15 is 0 Å². The summed E-state index contributed by atoms with van der Waals surface area (Å²) in [4.78, 5) is 18.1. The van der Waals surface area contributed by atoms with Crippen LogP contribution in [-0.2, 0) is 36.5 Å². The van der Waals surface area contributed by atoms with Crippen LogP contribution in [0.5, 0.6) is 0 Å². The summed E-state index contributed by atoms with van der Waals surface area (Å²) in [5.41, 5.74) is 1.25. The van der Waals surface area contributed by atoms with Crippen LogP contribution >= 0.6 is 23.1 Å². The minimum atomic E-state index is -4.51. The van der Waals surface area contributed by atoms with Gasteiger partial charge in [-0.25, -0.2) is 8.78 Å². The summed E-state index contributed by atoms with van der Waals surface area (Å²) >= 11 is 3.03. The minimum absolute atomic E-state index is 0. The molecule has 0 amide bonds. The number of carbonyl (C=O) groups is 1. The molecule has 1 unspecified atom stereocenters. The number of ketones is 1. The molecule has 0 saturated heterocycles. The van der Waals surface area contributed by atoms with Gasteiger partial charge in [-0.05, 0) is 88.3 Å². The Morgan fingerprint density at radius 2 is 1.60 bits per heavy atom. The van der Waals surface area contributed by atoms with Crippen molar-refractivity contribution >= 4 is 61.4 Å². The number of allylic oxidation sites excluding steroid dienone is 5. The SMILES string of the molecule is CC(C)(C)c1cc(-c2ncc(C(F)(F)F)c3sc(-c4cc5c6c(c4)=CCC4=CC=CC(S5)C=64)cc23)[c-]c2ccccc12.CCC(F)(CC)C(=O)/C=C(\O)C(F)(CC)CC.[Ir]. The number of aliphatic hydroxyl groups is 1. The summed E-state index contributed by atoms with van der Waals surface area (Å²) in [6.07, 6.45) is 7.02. The molecular weight excluding hydrogens is 986 g/mol. The van der Waals surface area contributed by atoms with Crippen molar-refractivity contribution in [1.29, 1.82) is 0 Å². The molecule has 0 fully saturated rings. The number of aromatic nitrogens is 1. The average Bonchev–Trinajstić information content (AvgIpc) is 3.84. The molecule has 1 radical (unpaired) electrons. The van der Waals surface area contributed by atoms with Gasteiger partial charge in [0.05, 0.1) is 10.8 Å². The van der Waals surface area contributed by atoms with Gasteiger partial charge >= 0.3 is 6.18 Å². The minimum Gasteiger partial charge on any atom is -0.509 e. The van der Waals surface area contributed by atoms with E-state index in [-0.39, 0.29) is 55.9 Å². The summed E-state index contributed by atoms with van der Waals surface area (Å²) in [6, 6.07) is 19.8. The van der Waals surface area contributed by atoms with Crippen molar-refractivity contribution in [3.05, 3.63) is 118 Å². The predicted molar refractivity (Wildman–Crippen MR) is 234 cm³/mol. The number of fused-ring (bicyclic) bond motifs is 2. The number of pyridine rings is 1. The molecule has 1 aliphatic heterocycles. The maximum absolute atomic E-state index is 14.3. The maximum atomic E-state index is 14.3. The Labute approximate surface area is 369 Å². The molecule has 0 saturated carbocycles. The summed E-state index contributed by atoms with van der Waals surface area (Å²) in [7, 11) is 0. The second-order valence-electron chi connectivity index (χ2n) is 16.4. The van der Waals surface area contributed by atoms with Crippen molar-refractivity contribution in [3.8, 4) is 21.7 Å². The molecule has 60 heavy (non-hydrogen) atoms. The summed E-state index contributed by atoms with van der Waals surface area (Å²) in [6.45, 7) is 12.7. The number of thioether (sulfide) groups is 1. The van der Waals surface area contributed by atoms with E-state index in [1.165, 1.54) is 37.8 Å². The molecular formula is C49H47F5IrNO2S2-. The van der Waals surface area contributed by atoms with Crippen molar-refractivity contribution in [1.82, 2.24) is 4.98 Å². The van der Waals surface area contributed by atoms with Gasteiger partial charge in [0.2, 0.25) is 0 Å². The van der Waals surface area contributed by atoms with E-state index in [1.54, 1.807) is 27.7 Å². The van der Waals surface area contributed by atoms with Crippen LogP contribution in [0, 0.1) is 6.07 Å². The Morgan fingerprint density at radius 3 is 2.25 bits per heavy atom. The molecule has 3 aliphatic rings. The van der Waals surface area contributed by atoms with E-state index in [1.807, 2.05) is 36.0 Å². The Hall–Kier alpha value is -3.89. The van der Waals surface area contributed by atoms with Crippen molar-refractivity contribution in [2.45, 2.75) is 114 Å². The molecule has 3 heterocycles. The number of rotatable bonds is 9. The van der Waals surface area contributed by atoms with Crippen LogP contribution in [-0.4, -0.2) is 32.5 Å². The third kappa shape index (κ3) is 8.36. The van der Waals surface area contributed by atoms with E-state index < -0.39 is 34.6 Å². The first-order chi connectivity index (χ1) is 27.9. The zero-order valence-corrected chi connectivity index (χ0v) is 38.6. The molecule has 317 valence electrons. The van der Waals surface area contributed by atoms with E-state index in [0.717, 1.165) is 39.4 Å². The van der Waals surface area contributed by atoms with Crippen LogP contribution in [0.3, 0.4) is 0 Å². The fourth-order valence-electron chi connectivity index (χ4n) is 8.05. The Kier molecular flexibility index (Phi) is 13.0.